The molecular weight excluding hydrogens is 1990 g/mol. The van der Waals surface area contributed by atoms with Gasteiger partial charge in [0.05, 0.1) is 148 Å². The molecule has 24 rings (SSSR count). The summed E-state index contributed by atoms with van der Waals surface area (Å²) in [5.41, 5.74) is -3.58. The van der Waals surface area contributed by atoms with Crippen LogP contribution in [-0.4, -0.2) is 211 Å². The Bertz CT molecular complexity index is 6600. The molecule has 8 aromatic carbocycles. The van der Waals surface area contributed by atoms with E-state index in [1.54, 1.807) is 68.6 Å². The lowest BCUT2D eigenvalue weighted by molar-refractivity contribution is -0.157. The third-order valence-electron chi connectivity index (χ3n) is 33.7. The number of aromatic nitrogens is 4. The van der Waals surface area contributed by atoms with E-state index in [0.29, 0.717) is 129 Å². The quantitative estimate of drug-likeness (QED) is 0.0373. The van der Waals surface area contributed by atoms with Crippen LogP contribution in [0.3, 0.4) is 0 Å². The number of piperidine rings is 4. The number of nitriles is 2. The molecule has 0 spiro atoms. The standard InChI is InChI=1S/2C30H31N3O4.C29H29BrN2O5.C29H31BrN2O4/c2*1-36-24-17-32-18-25-27(24)29(35)28(34)23(19-33-14-6-3-7-15-33)26(21-8-4-2-5-9-21)30(29,37-25)22-12-10-20(16-31)11-13-22;1-36-21-16-31-17-22-25(21)28(35)26(33)23(27(34)32-14-6-3-7-15-32)24(18-8-4-2-5-9-18)29(28,37-22)19-10-12-20(30)13-11-19;1-35-23-16-31-17-24-26(23)28(34)27(33)22(18-32-14-6-3-7-15-32)25(19-8-4-2-5-9-19)29(28,36-24)20-10-12-21(30)13-11-20/h2*2,4-5,8-13,17-18,23,26,28,34-35H,3,6-7,14-15,19H2,1H3;2,4-5,8-13,16-17,23-24,26,33,35H,3,6-7,14-15H2,1H3;2,4-5,8-13,16-17,22,25,27,33-34H,3,6-7,14-15,18H2,1H3/t2*23-,26-,28-,29+,30+;23-,24-,26-,28+,29+;22-,25-,27-,28+,29+/m1111/s1. The molecule has 0 radical (unpaired) electrons. The van der Waals surface area contributed by atoms with Gasteiger partial charge >= 0.3 is 0 Å². The molecule has 147 heavy (non-hydrogen) atoms. The number of aliphatic hydroxyl groups is 8. The highest BCUT2D eigenvalue weighted by Crippen LogP contribution is 2.75. The van der Waals surface area contributed by atoms with Gasteiger partial charge in [0, 0.05) is 83.1 Å². The Morgan fingerprint density at radius 1 is 0.333 bits per heavy atom. The van der Waals surface area contributed by atoms with E-state index >= 15 is 0 Å². The number of carbonyl (C=O) groups is 1. The highest BCUT2D eigenvalue weighted by Gasteiger charge is 2.82. The SMILES string of the molecule is COc1cncc2c1[C@]1(O)[C@H](O)[C@H](C(=O)N3CCCCC3)[C@@H](c3ccccc3)[C@]1(c1ccc(Br)cc1)O2.COc1cncc2c1[C@]1(O)[C@H](O)[C@H](CN3CCCCC3)[C@@H](c3ccccc3)[C@]1(c1ccc(Br)cc1)O2.COc1cncc2c1[C@]1(O)[C@H](O)[C@H](CN3CCCCC3)[C@@H](c3ccccc3)[C@]1(c1ccc(C#N)cc1)O2.COc1cncc2c1[C@]1(O)[C@H](O)[C@H](CN3CCCCC3)[C@@H](c3ccccc3)[C@]1(c1ccc(C#N)cc1)O2. The zero-order valence-electron chi connectivity index (χ0n) is 82.6. The molecule has 0 bridgehead atoms. The van der Waals surface area contributed by atoms with E-state index in [4.69, 9.17) is 37.9 Å². The number of amides is 1. The van der Waals surface area contributed by atoms with Crippen molar-refractivity contribution in [2.24, 2.45) is 23.7 Å². The van der Waals surface area contributed by atoms with Crippen LogP contribution in [0.1, 0.15) is 179 Å². The molecule has 4 aliphatic carbocycles. The molecule has 1 amide bonds. The van der Waals surface area contributed by atoms with Crippen LogP contribution in [-0.2, 0) is 49.6 Å². The first-order chi connectivity index (χ1) is 71.5. The van der Waals surface area contributed by atoms with E-state index < -0.39 is 81.1 Å². The van der Waals surface area contributed by atoms with Crippen LogP contribution in [0.4, 0.5) is 0 Å². The van der Waals surface area contributed by atoms with E-state index in [-0.39, 0.29) is 41.4 Å². The summed E-state index contributed by atoms with van der Waals surface area (Å²) in [6.45, 7) is 9.09. The molecule has 4 saturated heterocycles. The van der Waals surface area contributed by atoms with Crippen LogP contribution < -0.4 is 37.9 Å². The maximum atomic E-state index is 14.2. The Hall–Kier alpha value is -12.3. The van der Waals surface area contributed by atoms with E-state index in [2.05, 4.69) is 90.8 Å². The summed E-state index contributed by atoms with van der Waals surface area (Å²) >= 11 is 7.05. The highest BCUT2D eigenvalue weighted by atomic mass is 79.9. The Labute approximate surface area is 872 Å². The predicted octanol–water partition coefficient (Wildman–Crippen LogP) is 16.1. The highest BCUT2D eigenvalue weighted by molar-refractivity contribution is 9.10. The number of carbonyl (C=O) groups excluding carboxylic acids is 1. The molecule has 8 aliphatic heterocycles. The lowest BCUT2D eigenvalue weighted by atomic mass is 9.70. The first-order valence-electron chi connectivity index (χ1n) is 51.2. The van der Waals surface area contributed by atoms with Crippen LogP contribution in [0.15, 0.2) is 277 Å². The second-order valence-corrected chi connectivity index (χ2v) is 42.8. The number of fused-ring (bicyclic) bond motifs is 12. The maximum absolute atomic E-state index is 14.2. The first kappa shape index (κ1) is 101. The van der Waals surface area contributed by atoms with Gasteiger partial charge in [-0.25, -0.2) is 0 Å². The fourth-order valence-corrected chi connectivity index (χ4v) is 28.0. The Kier molecular flexibility index (Phi) is 28.1. The molecule has 29 heteroatoms. The lowest BCUT2D eigenvalue weighted by Gasteiger charge is -2.41. The maximum Gasteiger partial charge on any atom is 0.229 e. The lowest BCUT2D eigenvalue weighted by Crippen LogP contribution is -2.52. The second kappa shape index (κ2) is 41.0. The van der Waals surface area contributed by atoms with Gasteiger partial charge in [0.25, 0.3) is 0 Å². The summed E-state index contributed by atoms with van der Waals surface area (Å²) in [4.78, 5) is 40.4. The number of ether oxygens (including phenoxy) is 8. The fourth-order valence-electron chi connectivity index (χ4n) is 27.5. The minimum Gasteiger partial charge on any atom is -0.495 e. The fraction of sp³-hybridized carbons (Fsp3) is 0.398. The minimum atomic E-state index is -1.99. The van der Waals surface area contributed by atoms with E-state index in [1.807, 2.05) is 187 Å². The van der Waals surface area contributed by atoms with Crippen molar-refractivity contribution in [2.45, 2.75) is 170 Å². The zero-order valence-corrected chi connectivity index (χ0v) is 85.7. The van der Waals surface area contributed by atoms with Gasteiger partial charge in [-0.05, 0) is 190 Å². The van der Waals surface area contributed by atoms with Gasteiger partial charge in [-0.1, -0.05) is 221 Å². The largest absolute Gasteiger partial charge is 0.495 e. The van der Waals surface area contributed by atoms with E-state index in [1.165, 1.54) is 53.0 Å². The van der Waals surface area contributed by atoms with E-state index in [9.17, 15) is 56.2 Å². The van der Waals surface area contributed by atoms with Crippen molar-refractivity contribution in [1.82, 2.24) is 39.5 Å². The van der Waals surface area contributed by atoms with Crippen molar-refractivity contribution >= 4 is 37.8 Å². The summed E-state index contributed by atoms with van der Waals surface area (Å²) in [6.07, 6.45) is 21.0. The Morgan fingerprint density at radius 2 is 0.571 bits per heavy atom. The number of nitrogens with zero attached hydrogens (tertiary/aromatic N) is 10. The molecule has 12 aromatic rings. The topological polar surface area (TPSA) is 365 Å². The number of pyridine rings is 4. The number of benzene rings is 8. The molecule has 4 saturated carbocycles. The normalized spacial score (nSPS) is 30.8. The van der Waals surface area contributed by atoms with Crippen molar-refractivity contribution in [3.63, 3.8) is 0 Å². The summed E-state index contributed by atoms with van der Waals surface area (Å²) in [6, 6.07) is 73.8. The number of halogens is 2. The summed E-state index contributed by atoms with van der Waals surface area (Å²) in [5, 5.41) is 119. The molecule has 0 unspecified atom stereocenters. The smallest absolute Gasteiger partial charge is 0.229 e. The first-order valence-corrected chi connectivity index (χ1v) is 52.8. The van der Waals surface area contributed by atoms with Crippen LogP contribution in [0.5, 0.6) is 46.0 Å². The average Bonchev–Trinajstić information content (AvgIpc) is 1.57. The second-order valence-electron chi connectivity index (χ2n) is 41.0. The number of hydrogen-bond donors (Lipinski definition) is 8. The number of methoxy groups -OCH3 is 4. The van der Waals surface area contributed by atoms with Gasteiger partial charge in [0.1, 0.15) is 52.1 Å². The average molecular weight is 2110 g/mol. The summed E-state index contributed by atoms with van der Waals surface area (Å²) in [7, 11) is 6.11. The van der Waals surface area contributed by atoms with Gasteiger partial charge in [-0.2, -0.15) is 10.5 Å². The van der Waals surface area contributed by atoms with Crippen LogP contribution >= 0.6 is 31.9 Å². The summed E-state index contributed by atoms with van der Waals surface area (Å²) < 4.78 is 51.7. The Morgan fingerprint density at radius 3 is 0.830 bits per heavy atom. The van der Waals surface area contributed by atoms with Crippen molar-refractivity contribution in [1.29, 1.82) is 10.5 Å². The van der Waals surface area contributed by atoms with Gasteiger partial charge in [0.2, 0.25) is 5.91 Å². The molecule has 20 atom stereocenters. The molecule has 8 fully saturated rings. The molecule has 4 aromatic heterocycles. The zero-order chi connectivity index (χ0) is 102. The summed E-state index contributed by atoms with van der Waals surface area (Å²) in [5.74, 6) is -0.811. The molecular formula is C118H122Br2N10O17. The van der Waals surface area contributed by atoms with Gasteiger partial charge < -0.3 is 98.3 Å². The number of likely N-dealkylation sites (tertiary alicyclic amines) is 4. The van der Waals surface area contributed by atoms with Crippen molar-refractivity contribution in [3.05, 3.63) is 355 Å². The number of hydrogen-bond acceptors (Lipinski definition) is 26. The molecule has 8 N–H and O–H groups in total. The number of rotatable bonds is 19. The Balaban J connectivity index is 0.000000115. The minimum absolute atomic E-state index is 0.168. The third-order valence-corrected chi connectivity index (χ3v) is 34.8. The van der Waals surface area contributed by atoms with Crippen molar-refractivity contribution in [3.8, 4) is 58.1 Å². The van der Waals surface area contributed by atoms with Crippen molar-refractivity contribution in [2.75, 3.05) is 100 Å². The van der Waals surface area contributed by atoms with Crippen LogP contribution in [0, 0.1) is 46.3 Å². The molecule has 760 valence electrons. The van der Waals surface area contributed by atoms with Gasteiger partial charge in [0.15, 0.2) is 44.8 Å². The van der Waals surface area contributed by atoms with Gasteiger partial charge in [-0.15, -0.1) is 0 Å². The number of aliphatic hydroxyl groups excluding tert-OH is 4. The van der Waals surface area contributed by atoms with Crippen LogP contribution in [0.25, 0.3) is 0 Å². The third kappa shape index (κ3) is 16.1. The molecule has 27 nitrogen and oxygen atoms in total. The van der Waals surface area contributed by atoms with Crippen molar-refractivity contribution < 1.29 is 83.5 Å². The predicted molar refractivity (Wildman–Crippen MR) is 555 cm³/mol. The van der Waals surface area contributed by atoms with Crippen LogP contribution in [0.2, 0.25) is 0 Å². The molecule has 12 aliphatic rings. The molecule has 12 heterocycles. The monoisotopic (exact) mass is 2110 g/mol. The van der Waals surface area contributed by atoms with E-state index in [0.717, 1.165) is 134 Å². The van der Waals surface area contributed by atoms with Gasteiger partial charge in [-0.3, -0.25) is 24.7 Å².